The fraction of sp³-hybridized carbons (Fsp3) is 0.800. The van der Waals surface area contributed by atoms with E-state index in [1.54, 1.807) is 14.1 Å². The van der Waals surface area contributed by atoms with Crippen molar-refractivity contribution in [3.63, 3.8) is 0 Å². The molecule has 0 saturated carbocycles. The van der Waals surface area contributed by atoms with E-state index in [1.807, 2.05) is 0 Å². The number of hydrogen-bond donors (Lipinski definition) is 1. The third kappa shape index (κ3) is 4.09. The molecule has 0 aliphatic carbocycles. The molecule has 0 unspecified atom stereocenters. The van der Waals surface area contributed by atoms with Crippen LogP contribution in [0, 0.1) is 0 Å². The second-order valence-corrected chi connectivity index (χ2v) is 2.19. The van der Waals surface area contributed by atoms with Crippen LogP contribution in [0.2, 0.25) is 0 Å². The first-order valence-corrected chi connectivity index (χ1v) is 3.23. The Labute approximate surface area is 60.0 Å². The van der Waals surface area contributed by atoms with Crippen LogP contribution in [0.4, 0.5) is 4.79 Å². The molecule has 0 saturated heterocycles. The van der Waals surface area contributed by atoms with Crippen molar-refractivity contribution in [3.05, 3.63) is 0 Å². The zero-order valence-electron chi connectivity index (χ0n) is 5.65. The Kier molecular flexibility index (Phi) is 4.22. The molecule has 0 fully saturated rings. The summed E-state index contributed by atoms with van der Waals surface area (Å²) in [5.74, 6) is 0.458. The van der Waals surface area contributed by atoms with E-state index >= 15 is 0 Å². The van der Waals surface area contributed by atoms with Crippen molar-refractivity contribution in [1.29, 1.82) is 0 Å². The molecule has 0 aromatic rings. The van der Waals surface area contributed by atoms with Gasteiger partial charge in [0.2, 0.25) is 0 Å². The summed E-state index contributed by atoms with van der Waals surface area (Å²) in [6, 6.07) is -0.101. The van der Waals surface area contributed by atoms with Crippen LogP contribution in [0.1, 0.15) is 0 Å². The SMILES string of the molecule is CN(C)C(=O)NCCCl. The molecule has 0 spiro atoms. The molecule has 9 heavy (non-hydrogen) atoms. The van der Waals surface area contributed by atoms with Crippen LogP contribution >= 0.6 is 11.6 Å². The second-order valence-electron chi connectivity index (χ2n) is 1.82. The predicted octanol–water partition coefficient (Wildman–Crippen LogP) is 0.496. The van der Waals surface area contributed by atoms with Gasteiger partial charge in [-0.15, -0.1) is 11.6 Å². The third-order valence-electron chi connectivity index (χ3n) is 0.777. The quantitative estimate of drug-likeness (QED) is 0.572. The summed E-state index contributed by atoms with van der Waals surface area (Å²) >= 11 is 5.32. The number of hydrogen-bond acceptors (Lipinski definition) is 1. The molecular formula is C5H11ClN2O. The average molecular weight is 151 g/mol. The Morgan fingerprint density at radius 2 is 2.22 bits per heavy atom. The van der Waals surface area contributed by atoms with E-state index < -0.39 is 0 Å². The predicted molar refractivity (Wildman–Crippen MR) is 37.8 cm³/mol. The number of carbonyl (C=O) groups excluding carboxylic acids is 1. The van der Waals surface area contributed by atoms with Gasteiger partial charge in [-0.25, -0.2) is 4.79 Å². The molecular weight excluding hydrogens is 140 g/mol. The minimum Gasteiger partial charge on any atom is -0.337 e. The molecule has 0 aliphatic heterocycles. The van der Waals surface area contributed by atoms with E-state index in [4.69, 9.17) is 11.6 Å². The lowest BCUT2D eigenvalue weighted by Gasteiger charge is -2.09. The first-order chi connectivity index (χ1) is 4.18. The minimum absolute atomic E-state index is 0.101. The highest BCUT2D eigenvalue weighted by atomic mass is 35.5. The van der Waals surface area contributed by atoms with Crippen LogP contribution in [0.25, 0.3) is 0 Å². The maximum absolute atomic E-state index is 10.7. The van der Waals surface area contributed by atoms with Crippen molar-refractivity contribution < 1.29 is 4.79 Å². The summed E-state index contributed by atoms with van der Waals surface area (Å²) < 4.78 is 0. The van der Waals surface area contributed by atoms with Gasteiger partial charge in [-0.1, -0.05) is 0 Å². The number of amides is 2. The number of carbonyl (C=O) groups is 1. The average Bonchev–Trinajstić information content (AvgIpc) is 1.82. The normalized spacial score (nSPS) is 8.78. The number of urea groups is 1. The van der Waals surface area contributed by atoms with Crippen molar-refractivity contribution in [2.75, 3.05) is 26.5 Å². The number of nitrogens with zero attached hydrogens (tertiary/aromatic N) is 1. The second kappa shape index (κ2) is 4.44. The van der Waals surface area contributed by atoms with E-state index in [9.17, 15) is 4.79 Å². The molecule has 0 aromatic heterocycles. The monoisotopic (exact) mass is 150 g/mol. The summed E-state index contributed by atoms with van der Waals surface area (Å²) in [6.45, 7) is 0.526. The Hall–Kier alpha value is -0.440. The fourth-order valence-electron chi connectivity index (χ4n) is 0.312. The molecule has 0 aliphatic rings. The van der Waals surface area contributed by atoms with Crippen molar-refractivity contribution >= 4 is 17.6 Å². The molecule has 54 valence electrons. The van der Waals surface area contributed by atoms with Gasteiger partial charge < -0.3 is 10.2 Å². The molecule has 0 aromatic carbocycles. The summed E-state index contributed by atoms with van der Waals surface area (Å²) in [5, 5.41) is 2.59. The molecule has 3 nitrogen and oxygen atoms in total. The maximum Gasteiger partial charge on any atom is 0.316 e. The third-order valence-corrected chi connectivity index (χ3v) is 0.966. The standard InChI is InChI=1S/C5H11ClN2O/c1-8(2)5(9)7-4-3-6/h3-4H2,1-2H3,(H,7,9). The van der Waals surface area contributed by atoms with E-state index in [-0.39, 0.29) is 6.03 Å². The van der Waals surface area contributed by atoms with Crippen molar-refractivity contribution in [3.8, 4) is 0 Å². The van der Waals surface area contributed by atoms with Gasteiger partial charge in [0.25, 0.3) is 0 Å². The van der Waals surface area contributed by atoms with Gasteiger partial charge in [-0.3, -0.25) is 0 Å². The lowest BCUT2D eigenvalue weighted by molar-refractivity contribution is 0.218. The molecule has 2 amide bonds. The lowest BCUT2D eigenvalue weighted by atomic mass is 10.7. The number of rotatable bonds is 2. The smallest absolute Gasteiger partial charge is 0.316 e. The maximum atomic E-state index is 10.7. The summed E-state index contributed by atoms with van der Waals surface area (Å²) in [7, 11) is 3.37. The summed E-state index contributed by atoms with van der Waals surface area (Å²) in [4.78, 5) is 12.1. The van der Waals surface area contributed by atoms with Gasteiger partial charge >= 0.3 is 6.03 Å². The molecule has 0 rings (SSSR count). The van der Waals surface area contributed by atoms with Crippen LogP contribution in [0.15, 0.2) is 0 Å². The minimum atomic E-state index is -0.101. The molecule has 0 atom stereocenters. The van der Waals surface area contributed by atoms with Gasteiger partial charge in [-0.2, -0.15) is 0 Å². The first-order valence-electron chi connectivity index (χ1n) is 2.69. The van der Waals surface area contributed by atoms with Gasteiger partial charge in [0.15, 0.2) is 0 Å². The molecule has 0 bridgehead atoms. The highest BCUT2D eigenvalue weighted by Gasteiger charge is 1.98. The number of nitrogens with one attached hydrogen (secondary N) is 1. The van der Waals surface area contributed by atoms with Gasteiger partial charge in [0.05, 0.1) is 0 Å². The van der Waals surface area contributed by atoms with Crippen LogP contribution < -0.4 is 5.32 Å². The fourth-order valence-corrected chi connectivity index (χ4v) is 0.407. The Morgan fingerprint density at radius 3 is 2.56 bits per heavy atom. The summed E-state index contributed by atoms with van der Waals surface area (Å²) in [5.41, 5.74) is 0. The van der Waals surface area contributed by atoms with E-state index in [1.165, 1.54) is 4.90 Å². The highest BCUT2D eigenvalue weighted by molar-refractivity contribution is 6.18. The highest BCUT2D eigenvalue weighted by Crippen LogP contribution is 1.76. The van der Waals surface area contributed by atoms with Crippen molar-refractivity contribution in [1.82, 2.24) is 10.2 Å². The van der Waals surface area contributed by atoms with Crippen molar-refractivity contribution in [2.45, 2.75) is 0 Å². The van der Waals surface area contributed by atoms with Crippen molar-refractivity contribution in [2.24, 2.45) is 0 Å². The molecule has 1 N–H and O–H groups in total. The Balaban J connectivity index is 3.28. The van der Waals surface area contributed by atoms with Crippen LogP contribution in [-0.2, 0) is 0 Å². The van der Waals surface area contributed by atoms with Crippen LogP contribution in [0.3, 0.4) is 0 Å². The Morgan fingerprint density at radius 1 is 1.67 bits per heavy atom. The molecule has 4 heteroatoms. The lowest BCUT2D eigenvalue weighted by Crippen LogP contribution is -2.35. The van der Waals surface area contributed by atoms with Crippen LogP contribution in [0.5, 0.6) is 0 Å². The van der Waals surface area contributed by atoms with Gasteiger partial charge in [-0.05, 0) is 0 Å². The zero-order chi connectivity index (χ0) is 7.28. The van der Waals surface area contributed by atoms with Gasteiger partial charge in [0, 0.05) is 26.5 Å². The summed E-state index contributed by atoms with van der Waals surface area (Å²) in [6.07, 6.45) is 0. The van der Waals surface area contributed by atoms with E-state index in [0.29, 0.717) is 12.4 Å². The van der Waals surface area contributed by atoms with Crippen LogP contribution in [-0.4, -0.2) is 37.5 Å². The number of halogens is 1. The topological polar surface area (TPSA) is 32.3 Å². The van der Waals surface area contributed by atoms with E-state index in [0.717, 1.165) is 0 Å². The molecule has 0 heterocycles. The molecule has 0 radical (unpaired) electrons. The van der Waals surface area contributed by atoms with Gasteiger partial charge in [0.1, 0.15) is 0 Å². The largest absolute Gasteiger partial charge is 0.337 e. The first kappa shape index (κ1) is 8.56. The zero-order valence-corrected chi connectivity index (χ0v) is 6.40. The number of alkyl halides is 1. The van der Waals surface area contributed by atoms with E-state index in [2.05, 4.69) is 5.32 Å². The Bertz CT molecular complexity index is 95.0.